The maximum absolute atomic E-state index is 13.7. The van der Waals surface area contributed by atoms with E-state index in [0.29, 0.717) is 35.1 Å². The summed E-state index contributed by atoms with van der Waals surface area (Å²) in [4.78, 5) is 43.1. The summed E-state index contributed by atoms with van der Waals surface area (Å²) in [6.07, 6.45) is -0.561. The van der Waals surface area contributed by atoms with Crippen LogP contribution >= 0.6 is 0 Å². The zero-order chi connectivity index (χ0) is 30.6. The summed E-state index contributed by atoms with van der Waals surface area (Å²) in [5, 5.41) is 19.9. The lowest BCUT2D eigenvalue weighted by molar-refractivity contribution is 0.0372. The molecular weight excluding hydrogens is 540 g/mol. The molecule has 2 heterocycles. The number of nitrogens with one attached hydrogen (secondary N) is 2. The molecule has 3 N–H and O–H groups in total. The molecule has 0 spiro atoms. The minimum Gasteiger partial charge on any atom is -0.497 e. The van der Waals surface area contributed by atoms with E-state index in [9.17, 15) is 19.5 Å². The molecule has 224 valence electrons. The highest BCUT2D eigenvalue weighted by atomic mass is 16.5. The minimum atomic E-state index is -0.561. The number of aliphatic hydroxyl groups is 1. The second-order valence-corrected chi connectivity index (χ2v) is 10.6. The van der Waals surface area contributed by atoms with Crippen LogP contribution in [0.25, 0.3) is 0 Å². The van der Waals surface area contributed by atoms with Crippen LogP contribution in [0.5, 0.6) is 11.5 Å². The molecule has 12 heteroatoms. The third-order valence-corrected chi connectivity index (χ3v) is 7.32. The molecule has 1 aliphatic rings. The minimum absolute atomic E-state index is 0.182. The average Bonchev–Trinajstić information content (AvgIpc) is 3.32. The van der Waals surface area contributed by atoms with Gasteiger partial charge in [-0.25, -0.2) is 4.79 Å². The third kappa shape index (κ3) is 6.65. The van der Waals surface area contributed by atoms with Crippen LogP contribution in [0.2, 0.25) is 0 Å². The molecule has 1 aromatic heterocycles. The average molecular weight is 579 g/mol. The fraction of sp³-hybridized carbons (Fsp3) is 0.400. The van der Waals surface area contributed by atoms with Crippen LogP contribution < -0.4 is 20.1 Å². The van der Waals surface area contributed by atoms with Gasteiger partial charge in [-0.2, -0.15) is 5.10 Å². The van der Waals surface area contributed by atoms with Gasteiger partial charge in [-0.1, -0.05) is 13.0 Å². The van der Waals surface area contributed by atoms with Gasteiger partial charge in [0.2, 0.25) is 0 Å². The number of methoxy groups -OCH3 is 1. The van der Waals surface area contributed by atoms with Crippen LogP contribution in [0.4, 0.5) is 16.2 Å². The van der Waals surface area contributed by atoms with Gasteiger partial charge >= 0.3 is 6.03 Å². The largest absolute Gasteiger partial charge is 0.497 e. The second kappa shape index (κ2) is 12.9. The van der Waals surface area contributed by atoms with Crippen molar-refractivity contribution in [3.63, 3.8) is 0 Å². The normalized spacial score (nSPS) is 17.3. The van der Waals surface area contributed by atoms with Crippen LogP contribution in [-0.2, 0) is 7.05 Å². The lowest BCUT2D eigenvalue weighted by Gasteiger charge is -2.38. The fourth-order valence-corrected chi connectivity index (χ4v) is 4.82. The standard InChI is InChI=1S/C30H38N6O6/c1-18-15-36(20(3)17-37)29(39)23-8-7-9-24(32-28(38)25-14-19(2)33-35(25)5)27(23)42-26(18)16-34(4)30(40)31-21-10-12-22(41-6)13-11-21/h7-14,18,20,26,37H,15-17H2,1-6H3,(H,31,40)(H,32,38)/t18-,20+,26-/m0/s1. The number of urea groups is 1. The summed E-state index contributed by atoms with van der Waals surface area (Å²) >= 11 is 0. The van der Waals surface area contributed by atoms with Crippen molar-refractivity contribution in [3.05, 3.63) is 65.5 Å². The Bertz CT molecular complexity index is 1440. The van der Waals surface area contributed by atoms with E-state index >= 15 is 0 Å². The van der Waals surface area contributed by atoms with Crippen molar-refractivity contribution in [2.45, 2.75) is 32.9 Å². The van der Waals surface area contributed by atoms with Crippen LogP contribution in [0.3, 0.4) is 0 Å². The van der Waals surface area contributed by atoms with E-state index in [2.05, 4.69) is 15.7 Å². The number of anilines is 2. The Morgan fingerprint density at radius 3 is 2.55 bits per heavy atom. The number of ether oxygens (including phenoxy) is 2. The van der Waals surface area contributed by atoms with Gasteiger partial charge in [-0.05, 0) is 56.3 Å². The molecule has 0 aliphatic carbocycles. The van der Waals surface area contributed by atoms with Crippen LogP contribution in [0, 0.1) is 12.8 Å². The Morgan fingerprint density at radius 1 is 1.21 bits per heavy atom. The zero-order valence-corrected chi connectivity index (χ0v) is 24.7. The van der Waals surface area contributed by atoms with Gasteiger partial charge in [0, 0.05) is 32.2 Å². The molecule has 0 saturated carbocycles. The van der Waals surface area contributed by atoms with Crippen molar-refractivity contribution in [2.75, 3.05) is 44.5 Å². The number of rotatable bonds is 8. The van der Waals surface area contributed by atoms with E-state index < -0.39 is 18.1 Å². The Hall–Kier alpha value is -4.58. The maximum atomic E-state index is 13.7. The Kier molecular flexibility index (Phi) is 9.36. The number of aryl methyl sites for hydroxylation is 2. The molecule has 4 amide bonds. The summed E-state index contributed by atoms with van der Waals surface area (Å²) in [6, 6.07) is 12.8. The van der Waals surface area contributed by atoms with Crippen molar-refractivity contribution in [2.24, 2.45) is 13.0 Å². The number of hydrogen-bond donors (Lipinski definition) is 3. The summed E-state index contributed by atoms with van der Waals surface area (Å²) in [6.45, 7) is 5.74. The van der Waals surface area contributed by atoms with Gasteiger partial charge in [0.15, 0.2) is 5.75 Å². The number of benzene rings is 2. The van der Waals surface area contributed by atoms with E-state index in [1.165, 1.54) is 9.58 Å². The molecule has 3 atom stereocenters. The first-order chi connectivity index (χ1) is 20.0. The number of fused-ring (bicyclic) bond motifs is 1. The first-order valence-corrected chi connectivity index (χ1v) is 13.7. The SMILES string of the molecule is COc1ccc(NC(=O)N(C)C[C@@H]2Oc3c(NC(=O)c4cc(C)nn4C)cccc3C(=O)N([C@H](C)CO)C[C@@H]2C)cc1. The maximum Gasteiger partial charge on any atom is 0.321 e. The molecule has 0 saturated heterocycles. The molecular formula is C30H38N6O6. The summed E-state index contributed by atoms with van der Waals surface area (Å²) in [5.41, 5.74) is 2.20. The molecule has 0 unspecified atom stereocenters. The highest BCUT2D eigenvalue weighted by molar-refractivity contribution is 6.06. The lowest BCUT2D eigenvalue weighted by Crippen LogP contribution is -2.50. The number of aromatic nitrogens is 2. The Balaban J connectivity index is 1.64. The smallest absolute Gasteiger partial charge is 0.321 e. The van der Waals surface area contributed by atoms with Crippen molar-refractivity contribution < 1.29 is 29.0 Å². The quantitative estimate of drug-likeness (QED) is 0.373. The Labute approximate surface area is 245 Å². The van der Waals surface area contributed by atoms with Crippen molar-refractivity contribution in [1.29, 1.82) is 0 Å². The second-order valence-electron chi connectivity index (χ2n) is 10.6. The van der Waals surface area contributed by atoms with E-state index in [1.54, 1.807) is 88.5 Å². The van der Waals surface area contributed by atoms with E-state index in [1.807, 2.05) is 6.92 Å². The number of carbonyl (C=O) groups is 3. The molecule has 42 heavy (non-hydrogen) atoms. The van der Waals surface area contributed by atoms with Gasteiger partial charge in [0.25, 0.3) is 11.8 Å². The van der Waals surface area contributed by atoms with Gasteiger partial charge in [-0.3, -0.25) is 14.3 Å². The molecule has 0 bridgehead atoms. The molecule has 1 aliphatic heterocycles. The molecule has 0 fully saturated rings. The zero-order valence-electron chi connectivity index (χ0n) is 24.7. The Morgan fingerprint density at radius 2 is 1.93 bits per heavy atom. The first kappa shape index (κ1) is 30.4. The number of para-hydroxylation sites is 1. The van der Waals surface area contributed by atoms with Crippen molar-refractivity contribution >= 4 is 29.2 Å². The van der Waals surface area contributed by atoms with E-state index in [-0.39, 0.29) is 42.3 Å². The number of hydrogen-bond acceptors (Lipinski definition) is 7. The summed E-state index contributed by atoms with van der Waals surface area (Å²) in [5.74, 6) is -0.101. The van der Waals surface area contributed by atoms with Crippen molar-refractivity contribution in [1.82, 2.24) is 19.6 Å². The topological polar surface area (TPSA) is 138 Å². The number of aliphatic hydroxyl groups excluding tert-OH is 1. The number of likely N-dealkylation sites (N-methyl/N-ethyl adjacent to an activating group) is 1. The monoisotopic (exact) mass is 578 g/mol. The summed E-state index contributed by atoms with van der Waals surface area (Å²) < 4.78 is 13.2. The van der Waals surface area contributed by atoms with Crippen LogP contribution in [-0.4, -0.2) is 88.5 Å². The predicted octanol–water partition coefficient (Wildman–Crippen LogP) is 3.37. The highest BCUT2D eigenvalue weighted by Gasteiger charge is 2.35. The van der Waals surface area contributed by atoms with Gasteiger partial charge in [-0.15, -0.1) is 0 Å². The molecule has 0 radical (unpaired) electrons. The van der Waals surface area contributed by atoms with Gasteiger partial charge < -0.3 is 35.0 Å². The third-order valence-electron chi connectivity index (χ3n) is 7.32. The fourth-order valence-electron chi connectivity index (χ4n) is 4.82. The van der Waals surface area contributed by atoms with E-state index in [0.717, 1.165) is 0 Å². The van der Waals surface area contributed by atoms with Crippen molar-refractivity contribution in [3.8, 4) is 11.5 Å². The van der Waals surface area contributed by atoms with Crippen LogP contribution in [0.1, 0.15) is 40.4 Å². The van der Waals surface area contributed by atoms with E-state index in [4.69, 9.17) is 9.47 Å². The number of nitrogens with zero attached hydrogens (tertiary/aromatic N) is 4. The summed E-state index contributed by atoms with van der Waals surface area (Å²) in [7, 11) is 4.91. The first-order valence-electron chi connectivity index (χ1n) is 13.7. The van der Waals surface area contributed by atoms with Crippen LogP contribution in [0.15, 0.2) is 48.5 Å². The molecule has 4 rings (SSSR count). The lowest BCUT2D eigenvalue weighted by atomic mass is 9.99. The van der Waals surface area contributed by atoms with Gasteiger partial charge in [0.1, 0.15) is 17.5 Å². The number of carbonyl (C=O) groups excluding carboxylic acids is 3. The van der Waals surface area contributed by atoms with Gasteiger partial charge in [0.05, 0.1) is 43.2 Å². The predicted molar refractivity (Wildman–Crippen MR) is 158 cm³/mol. The number of amides is 4. The molecule has 2 aromatic carbocycles. The molecule has 12 nitrogen and oxygen atoms in total. The highest BCUT2D eigenvalue weighted by Crippen LogP contribution is 2.35. The molecule has 3 aromatic rings.